The van der Waals surface area contributed by atoms with Gasteiger partial charge >= 0.3 is 0 Å². The van der Waals surface area contributed by atoms with E-state index in [-0.39, 0.29) is 5.69 Å². The summed E-state index contributed by atoms with van der Waals surface area (Å²) in [5.74, 6) is 5.62. The number of aromatic nitrogens is 2. The highest BCUT2D eigenvalue weighted by Gasteiger charge is 2.12. The van der Waals surface area contributed by atoms with E-state index >= 15 is 0 Å². The summed E-state index contributed by atoms with van der Waals surface area (Å²) in [7, 11) is 0. The Bertz CT molecular complexity index is 606. The van der Waals surface area contributed by atoms with Crippen LogP contribution in [-0.2, 0) is 0 Å². The predicted octanol–water partition coefficient (Wildman–Crippen LogP) is 2.19. The monoisotopic (exact) mass is 261 g/mol. The van der Waals surface area contributed by atoms with E-state index in [1.807, 2.05) is 19.9 Å². The van der Waals surface area contributed by atoms with Gasteiger partial charge in [0.25, 0.3) is 5.69 Å². The van der Waals surface area contributed by atoms with Crippen molar-refractivity contribution in [2.75, 3.05) is 5.43 Å². The molecule has 0 aliphatic carbocycles. The summed E-state index contributed by atoms with van der Waals surface area (Å²) in [6, 6.07) is 6.41. The van der Waals surface area contributed by atoms with Crippen LogP contribution in [0.3, 0.4) is 0 Å². The number of nitrogens with two attached hydrogens (primary N) is 1. The third-order valence-corrected chi connectivity index (χ3v) is 2.75. The molecule has 0 aliphatic rings. The summed E-state index contributed by atoms with van der Waals surface area (Å²) in [6.45, 7) is 4.07. The minimum absolute atomic E-state index is 0.0351. The van der Waals surface area contributed by atoms with Crippen molar-refractivity contribution >= 4 is 11.4 Å². The van der Waals surface area contributed by atoms with E-state index in [4.69, 9.17) is 5.84 Å². The lowest BCUT2D eigenvalue weighted by atomic mass is 10.1. The second kappa shape index (κ2) is 5.07. The maximum atomic E-state index is 10.9. The summed E-state index contributed by atoms with van der Waals surface area (Å²) in [4.78, 5) is 10.4. The first-order valence-electron chi connectivity index (χ1n) is 5.83. The maximum Gasteiger partial charge on any atom is 0.273 e. The molecular weight excluding hydrogens is 246 g/mol. The highest BCUT2D eigenvalue weighted by molar-refractivity contribution is 5.58. The van der Waals surface area contributed by atoms with Crippen molar-refractivity contribution in [3.05, 3.63) is 46.3 Å². The molecular formula is C12H15N5O2. The van der Waals surface area contributed by atoms with Crippen LogP contribution in [0.2, 0.25) is 0 Å². The molecule has 0 unspecified atom stereocenters. The highest BCUT2D eigenvalue weighted by atomic mass is 16.6. The normalized spacial score (nSPS) is 10.7. The van der Waals surface area contributed by atoms with Crippen molar-refractivity contribution in [3.8, 4) is 5.69 Å². The zero-order valence-corrected chi connectivity index (χ0v) is 10.7. The standard InChI is InChI=1S/C12H15N5O2/c1-8(2)12-3-4-16(15-12)10-5-9(14-13)6-11(7-10)17(18)19/h3-8,14H,13H2,1-2H3. The van der Waals surface area contributed by atoms with Gasteiger partial charge < -0.3 is 5.43 Å². The number of rotatable bonds is 4. The molecule has 1 aromatic carbocycles. The molecule has 3 N–H and O–H groups in total. The Morgan fingerprint density at radius 2 is 2.16 bits per heavy atom. The number of nitrogens with zero attached hydrogens (tertiary/aromatic N) is 3. The third-order valence-electron chi connectivity index (χ3n) is 2.75. The lowest BCUT2D eigenvalue weighted by Gasteiger charge is -2.06. The van der Waals surface area contributed by atoms with Gasteiger partial charge in [-0.3, -0.25) is 16.0 Å². The average Bonchev–Trinajstić information content (AvgIpc) is 2.87. The quantitative estimate of drug-likeness (QED) is 0.499. The van der Waals surface area contributed by atoms with Crippen LogP contribution in [0.15, 0.2) is 30.5 Å². The maximum absolute atomic E-state index is 10.9. The molecule has 19 heavy (non-hydrogen) atoms. The first-order chi connectivity index (χ1) is 9.01. The molecule has 2 aromatic rings. The zero-order valence-electron chi connectivity index (χ0n) is 10.7. The molecule has 0 saturated carbocycles. The number of nitro groups is 1. The van der Waals surface area contributed by atoms with Crippen LogP contribution < -0.4 is 11.3 Å². The van der Waals surface area contributed by atoms with Crippen molar-refractivity contribution in [1.29, 1.82) is 0 Å². The molecule has 0 saturated heterocycles. The average molecular weight is 261 g/mol. The van der Waals surface area contributed by atoms with E-state index < -0.39 is 4.92 Å². The molecule has 2 rings (SSSR count). The molecule has 0 fully saturated rings. The molecule has 0 amide bonds. The van der Waals surface area contributed by atoms with Crippen LogP contribution in [0.25, 0.3) is 5.69 Å². The zero-order chi connectivity index (χ0) is 14.0. The van der Waals surface area contributed by atoms with E-state index in [1.54, 1.807) is 16.9 Å². The first kappa shape index (κ1) is 13.0. The lowest BCUT2D eigenvalue weighted by molar-refractivity contribution is -0.384. The van der Waals surface area contributed by atoms with Crippen LogP contribution >= 0.6 is 0 Å². The molecule has 0 bridgehead atoms. The van der Waals surface area contributed by atoms with Gasteiger partial charge in [-0.2, -0.15) is 5.10 Å². The van der Waals surface area contributed by atoms with Crippen molar-refractivity contribution in [2.45, 2.75) is 19.8 Å². The molecule has 0 atom stereocenters. The predicted molar refractivity (Wildman–Crippen MR) is 72.1 cm³/mol. The third kappa shape index (κ3) is 2.71. The van der Waals surface area contributed by atoms with Crippen LogP contribution in [0, 0.1) is 10.1 Å². The molecule has 7 heteroatoms. The Labute approximate surface area is 110 Å². The Kier molecular flexibility index (Phi) is 3.48. The van der Waals surface area contributed by atoms with Crippen LogP contribution in [0.1, 0.15) is 25.5 Å². The number of anilines is 1. The topological polar surface area (TPSA) is 99.0 Å². The van der Waals surface area contributed by atoms with Gasteiger partial charge in [-0.05, 0) is 18.1 Å². The van der Waals surface area contributed by atoms with E-state index in [0.717, 1.165) is 5.69 Å². The van der Waals surface area contributed by atoms with Gasteiger partial charge in [-0.1, -0.05) is 13.8 Å². The number of hydrazine groups is 1. The lowest BCUT2D eigenvalue weighted by Crippen LogP contribution is -2.08. The van der Waals surface area contributed by atoms with Gasteiger partial charge in [0.2, 0.25) is 0 Å². The largest absolute Gasteiger partial charge is 0.324 e. The van der Waals surface area contributed by atoms with E-state index in [9.17, 15) is 10.1 Å². The van der Waals surface area contributed by atoms with Gasteiger partial charge in [0.1, 0.15) is 0 Å². The Balaban J connectivity index is 2.48. The van der Waals surface area contributed by atoms with Crippen LogP contribution in [0.4, 0.5) is 11.4 Å². The number of nitrogens with one attached hydrogen (secondary N) is 1. The molecule has 1 heterocycles. The Hall–Kier alpha value is -2.41. The van der Waals surface area contributed by atoms with Gasteiger partial charge in [-0.25, -0.2) is 4.68 Å². The summed E-state index contributed by atoms with van der Waals surface area (Å²) in [5.41, 5.74) is 4.36. The fourth-order valence-corrected chi connectivity index (χ4v) is 1.71. The second-order valence-corrected chi connectivity index (χ2v) is 4.48. The van der Waals surface area contributed by atoms with Crippen molar-refractivity contribution in [1.82, 2.24) is 9.78 Å². The molecule has 0 radical (unpaired) electrons. The van der Waals surface area contributed by atoms with Gasteiger partial charge in [0.05, 0.1) is 22.0 Å². The number of hydrogen-bond acceptors (Lipinski definition) is 5. The minimum Gasteiger partial charge on any atom is -0.324 e. The smallest absolute Gasteiger partial charge is 0.273 e. The van der Waals surface area contributed by atoms with Crippen molar-refractivity contribution in [3.63, 3.8) is 0 Å². The minimum atomic E-state index is -0.461. The summed E-state index contributed by atoms with van der Waals surface area (Å²) < 4.78 is 1.60. The summed E-state index contributed by atoms with van der Waals surface area (Å²) in [6.07, 6.45) is 1.77. The van der Waals surface area contributed by atoms with Gasteiger partial charge in [-0.15, -0.1) is 0 Å². The molecule has 100 valence electrons. The number of non-ortho nitro benzene ring substituents is 1. The van der Waals surface area contributed by atoms with Crippen molar-refractivity contribution < 1.29 is 4.92 Å². The Morgan fingerprint density at radius 1 is 1.42 bits per heavy atom. The Morgan fingerprint density at radius 3 is 2.68 bits per heavy atom. The summed E-state index contributed by atoms with van der Waals surface area (Å²) >= 11 is 0. The van der Waals surface area contributed by atoms with E-state index in [0.29, 0.717) is 17.3 Å². The SMILES string of the molecule is CC(C)c1ccn(-c2cc(NN)cc([N+](=O)[O-])c2)n1. The summed E-state index contributed by atoms with van der Waals surface area (Å²) in [5, 5.41) is 15.3. The van der Waals surface area contributed by atoms with Crippen LogP contribution in [0.5, 0.6) is 0 Å². The number of benzene rings is 1. The molecule has 0 spiro atoms. The van der Waals surface area contributed by atoms with Crippen molar-refractivity contribution in [2.24, 2.45) is 5.84 Å². The van der Waals surface area contributed by atoms with Crippen LogP contribution in [-0.4, -0.2) is 14.7 Å². The number of nitro benzene ring substituents is 1. The first-order valence-corrected chi connectivity index (χ1v) is 5.83. The number of nitrogen functional groups attached to an aromatic ring is 1. The van der Waals surface area contributed by atoms with Gasteiger partial charge in [0, 0.05) is 18.3 Å². The second-order valence-electron chi connectivity index (χ2n) is 4.48. The van der Waals surface area contributed by atoms with E-state index in [2.05, 4.69) is 10.5 Å². The molecule has 7 nitrogen and oxygen atoms in total. The van der Waals surface area contributed by atoms with Gasteiger partial charge in [0.15, 0.2) is 0 Å². The molecule has 0 aliphatic heterocycles. The highest BCUT2D eigenvalue weighted by Crippen LogP contribution is 2.23. The molecule has 1 aromatic heterocycles. The van der Waals surface area contributed by atoms with E-state index in [1.165, 1.54) is 12.1 Å². The fraction of sp³-hybridized carbons (Fsp3) is 0.250. The fourth-order valence-electron chi connectivity index (χ4n) is 1.71. The number of hydrogen-bond donors (Lipinski definition) is 2.